The standard InChI is InChI=1S/C35H42Cl2N2O6/c1-35(2,3)22-39-28-16-15-24(36)20-26(28)32(45-30(34(39)42)21-31(40)41)25-12-7-14-29(33(25)43-4)44-19-9-18-38-17-8-11-23-10-5-6-13-27(23)37/h5-7,10,12-16,20,30,32,38H,8-9,11,17-19,21-22H2,1-4H3,(H,40,41)/t30-,32-/m0/s1. The number of hydrogen-bond acceptors (Lipinski definition) is 6. The zero-order chi connectivity index (χ0) is 32.6. The number of hydrogen-bond donors (Lipinski definition) is 2. The number of benzene rings is 3. The van der Waals surface area contributed by atoms with Crippen LogP contribution in [-0.4, -0.2) is 56.4 Å². The Bertz CT molecular complexity index is 1470. The number of carboxylic acid groups (broad SMARTS) is 1. The van der Waals surface area contributed by atoms with E-state index in [1.165, 1.54) is 0 Å². The van der Waals surface area contributed by atoms with Crippen LogP contribution in [0, 0.1) is 5.41 Å². The van der Waals surface area contributed by atoms with E-state index in [9.17, 15) is 14.7 Å². The average Bonchev–Trinajstić information content (AvgIpc) is 3.08. The predicted octanol–water partition coefficient (Wildman–Crippen LogP) is 7.34. The van der Waals surface area contributed by atoms with Crippen LogP contribution in [0.3, 0.4) is 0 Å². The number of carboxylic acids is 1. The highest BCUT2D eigenvalue weighted by molar-refractivity contribution is 6.31. The summed E-state index contributed by atoms with van der Waals surface area (Å²) < 4.78 is 18.4. The number of nitrogens with one attached hydrogen (secondary N) is 1. The molecule has 1 aliphatic heterocycles. The van der Waals surface area contributed by atoms with Crippen LogP contribution >= 0.6 is 23.2 Å². The summed E-state index contributed by atoms with van der Waals surface area (Å²) in [5, 5.41) is 14.4. The lowest BCUT2D eigenvalue weighted by molar-refractivity contribution is -0.147. The van der Waals surface area contributed by atoms with Crippen molar-refractivity contribution in [3.63, 3.8) is 0 Å². The van der Waals surface area contributed by atoms with E-state index in [0.29, 0.717) is 46.5 Å². The molecule has 0 unspecified atom stereocenters. The maximum Gasteiger partial charge on any atom is 0.306 e. The van der Waals surface area contributed by atoms with Gasteiger partial charge in [0.05, 0.1) is 20.1 Å². The van der Waals surface area contributed by atoms with Crippen LogP contribution in [0.5, 0.6) is 11.5 Å². The molecule has 4 rings (SSSR count). The second-order valence-electron chi connectivity index (χ2n) is 12.3. The Hall–Kier alpha value is -3.30. The van der Waals surface area contributed by atoms with E-state index < -0.39 is 30.5 Å². The SMILES string of the molecule is COc1c(OCCCNCCCc2ccccc2Cl)cccc1[C@@H]1O[C@@H](CC(=O)O)C(=O)N(CC(C)(C)C)c2ccc(Cl)cc21. The zero-order valence-corrected chi connectivity index (χ0v) is 27.8. The quantitative estimate of drug-likeness (QED) is 0.175. The van der Waals surface area contributed by atoms with Gasteiger partial charge in [0, 0.05) is 33.4 Å². The zero-order valence-electron chi connectivity index (χ0n) is 26.3. The third-order valence-electron chi connectivity index (χ3n) is 7.41. The minimum atomic E-state index is -1.22. The minimum absolute atomic E-state index is 0.268. The number of carbonyl (C=O) groups excluding carboxylic acids is 1. The Balaban J connectivity index is 1.51. The lowest BCUT2D eigenvalue weighted by atomic mass is 9.94. The molecule has 1 amide bonds. The van der Waals surface area contributed by atoms with E-state index in [0.717, 1.165) is 42.9 Å². The summed E-state index contributed by atoms with van der Waals surface area (Å²) >= 11 is 12.7. The van der Waals surface area contributed by atoms with Gasteiger partial charge in [0.2, 0.25) is 0 Å². The molecule has 3 aromatic rings. The van der Waals surface area contributed by atoms with Gasteiger partial charge in [0.25, 0.3) is 5.91 Å². The first kappa shape index (κ1) is 34.6. The first-order valence-electron chi connectivity index (χ1n) is 15.2. The number of amides is 1. The van der Waals surface area contributed by atoms with Crippen molar-refractivity contribution in [3.8, 4) is 11.5 Å². The number of fused-ring (bicyclic) bond motifs is 1. The normalized spacial score (nSPS) is 16.7. The Morgan fingerprint density at radius 2 is 1.78 bits per heavy atom. The number of aryl methyl sites for hydroxylation is 1. The molecular formula is C35H42Cl2N2O6. The summed E-state index contributed by atoms with van der Waals surface area (Å²) in [7, 11) is 1.55. The summed E-state index contributed by atoms with van der Waals surface area (Å²) in [6.45, 7) is 8.52. The van der Waals surface area contributed by atoms with E-state index in [4.69, 9.17) is 37.4 Å². The summed E-state index contributed by atoms with van der Waals surface area (Å²) in [5.41, 5.74) is 2.75. The number of anilines is 1. The highest BCUT2D eigenvalue weighted by Gasteiger charge is 2.40. The van der Waals surface area contributed by atoms with E-state index in [1.54, 1.807) is 30.2 Å². The molecule has 10 heteroatoms. The van der Waals surface area contributed by atoms with Gasteiger partial charge in [-0.25, -0.2) is 0 Å². The van der Waals surface area contributed by atoms with Crippen LogP contribution in [0.1, 0.15) is 62.8 Å². The van der Waals surface area contributed by atoms with E-state index in [1.807, 2.05) is 57.2 Å². The first-order valence-corrected chi connectivity index (χ1v) is 16.0. The van der Waals surface area contributed by atoms with Crippen molar-refractivity contribution in [1.29, 1.82) is 0 Å². The van der Waals surface area contributed by atoms with Crippen LogP contribution in [0.4, 0.5) is 5.69 Å². The molecule has 0 fully saturated rings. The first-order chi connectivity index (χ1) is 21.5. The van der Waals surface area contributed by atoms with Gasteiger partial charge >= 0.3 is 5.97 Å². The topological polar surface area (TPSA) is 97.3 Å². The van der Waals surface area contributed by atoms with Gasteiger partial charge in [-0.1, -0.05) is 74.3 Å². The molecule has 2 N–H and O–H groups in total. The predicted molar refractivity (Wildman–Crippen MR) is 178 cm³/mol. The maximum absolute atomic E-state index is 13.8. The van der Waals surface area contributed by atoms with Crippen LogP contribution < -0.4 is 19.7 Å². The third kappa shape index (κ3) is 9.36. The molecule has 45 heavy (non-hydrogen) atoms. The highest BCUT2D eigenvalue weighted by atomic mass is 35.5. The lowest BCUT2D eigenvalue weighted by Gasteiger charge is -2.31. The third-order valence-corrected chi connectivity index (χ3v) is 8.01. The highest BCUT2D eigenvalue weighted by Crippen LogP contribution is 2.45. The van der Waals surface area contributed by atoms with Crippen LogP contribution in [-0.2, 0) is 20.7 Å². The van der Waals surface area contributed by atoms with Crippen LogP contribution in [0.15, 0.2) is 60.7 Å². The number of carbonyl (C=O) groups is 2. The van der Waals surface area contributed by atoms with Gasteiger partial charge in [-0.05, 0) is 73.7 Å². The van der Waals surface area contributed by atoms with Crippen molar-refractivity contribution >= 4 is 40.8 Å². The van der Waals surface area contributed by atoms with Gasteiger partial charge < -0.3 is 29.5 Å². The fraction of sp³-hybridized carbons (Fsp3) is 0.429. The summed E-state index contributed by atoms with van der Waals surface area (Å²) in [6.07, 6.45) is 0.120. The second kappa shape index (κ2) is 15.8. The molecule has 0 radical (unpaired) electrons. The number of para-hydroxylation sites is 1. The number of rotatable bonds is 14. The van der Waals surface area contributed by atoms with Crippen molar-refractivity contribution in [2.45, 2.75) is 58.7 Å². The molecule has 0 bridgehead atoms. The molecule has 1 aliphatic rings. The number of ether oxygens (including phenoxy) is 3. The van der Waals surface area contributed by atoms with Gasteiger partial charge in [-0.15, -0.1) is 0 Å². The summed E-state index contributed by atoms with van der Waals surface area (Å²) in [4.78, 5) is 27.3. The summed E-state index contributed by atoms with van der Waals surface area (Å²) in [6, 6.07) is 18.7. The Kier molecular flexibility index (Phi) is 12.1. The molecule has 0 saturated heterocycles. The van der Waals surface area contributed by atoms with Crippen molar-refractivity contribution in [2.75, 3.05) is 38.3 Å². The number of methoxy groups -OCH3 is 1. The van der Waals surface area contributed by atoms with E-state index in [2.05, 4.69) is 11.4 Å². The molecule has 242 valence electrons. The monoisotopic (exact) mass is 656 g/mol. The van der Waals surface area contributed by atoms with Gasteiger partial charge in [0.15, 0.2) is 11.5 Å². The molecule has 0 spiro atoms. The molecule has 3 aromatic carbocycles. The van der Waals surface area contributed by atoms with Crippen LogP contribution in [0.2, 0.25) is 10.0 Å². The van der Waals surface area contributed by atoms with Crippen molar-refractivity contribution in [3.05, 3.63) is 87.4 Å². The Labute approximate surface area is 275 Å². The fourth-order valence-electron chi connectivity index (χ4n) is 5.42. The van der Waals surface area contributed by atoms with E-state index in [-0.39, 0.29) is 5.41 Å². The number of aliphatic carboxylic acids is 1. The number of nitrogens with zero attached hydrogens (tertiary/aromatic N) is 1. The largest absolute Gasteiger partial charge is 0.492 e. The van der Waals surface area contributed by atoms with Crippen molar-refractivity contribution in [1.82, 2.24) is 5.32 Å². The molecule has 0 aromatic heterocycles. The molecule has 8 nitrogen and oxygen atoms in total. The lowest BCUT2D eigenvalue weighted by Crippen LogP contribution is -2.44. The van der Waals surface area contributed by atoms with Gasteiger partial charge in [-0.2, -0.15) is 0 Å². The molecule has 0 saturated carbocycles. The minimum Gasteiger partial charge on any atom is -0.492 e. The van der Waals surface area contributed by atoms with E-state index >= 15 is 0 Å². The smallest absolute Gasteiger partial charge is 0.306 e. The van der Waals surface area contributed by atoms with Crippen molar-refractivity contribution in [2.24, 2.45) is 5.41 Å². The second-order valence-corrected chi connectivity index (χ2v) is 13.2. The Morgan fingerprint density at radius 3 is 2.49 bits per heavy atom. The number of halogens is 2. The Morgan fingerprint density at radius 1 is 1.02 bits per heavy atom. The molecule has 2 atom stereocenters. The summed E-state index contributed by atoms with van der Waals surface area (Å²) in [5.74, 6) is -0.567. The van der Waals surface area contributed by atoms with Crippen LogP contribution in [0.25, 0.3) is 0 Å². The molecule has 0 aliphatic carbocycles. The molecular weight excluding hydrogens is 615 g/mol. The van der Waals surface area contributed by atoms with Gasteiger partial charge in [-0.3, -0.25) is 9.59 Å². The van der Waals surface area contributed by atoms with Gasteiger partial charge in [0.1, 0.15) is 12.2 Å². The fourth-order valence-corrected chi connectivity index (χ4v) is 5.83. The van der Waals surface area contributed by atoms with Crippen molar-refractivity contribution < 1.29 is 28.9 Å². The average molecular weight is 658 g/mol. The molecule has 1 heterocycles. The maximum atomic E-state index is 13.8.